The number of rotatable bonds is 4. The lowest BCUT2D eigenvalue weighted by Crippen LogP contribution is -2.44. The molecule has 1 unspecified atom stereocenters. The summed E-state index contributed by atoms with van der Waals surface area (Å²) in [6.45, 7) is 14.0. The summed E-state index contributed by atoms with van der Waals surface area (Å²) in [5.74, 6) is 0.260. The second-order valence-corrected chi connectivity index (χ2v) is 12.4. The highest BCUT2D eigenvalue weighted by molar-refractivity contribution is 7.09. The summed E-state index contributed by atoms with van der Waals surface area (Å²) in [4.78, 5) is 33.8. The van der Waals surface area contributed by atoms with E-state index >= 15 is 0 Å². The fourth-order valence-electron chi connectivity index (χ4n) is 3.92. The number of halogens is 1. The molecule has 2 amide bonds. The van der Waals surface area contributed by atoms with Gasteiger partial charge in [-0.25, -0.2) is 4.79 Å². The molecule has 1 fully saturated rings. The zero-order valence-electron chi connectivity index (χ0n) is 21.7. The van der Waals surface area contributed by atoms with Gasteiger partial charge < -0.3 is 18.9 Å². The number of ether oxygens (including phenoxy) is 2. The van der Waals surface area contributed by atoms with E-state index in [1.807, 2.05) is 25.3 Å². The zero-order valence-corrected chi connectivity index (χ0v) is 23.3. The molecule has 1 atom stereocenters. The summed E-state index contributed by atoms with van der Waals surface area (Å²) in [5, 5.41) is 0.447. The minimum Gasteiger partial charge on any atom is -0.496 e. The molecule has 0 N–H and O–H groups in total. The van der Waals surface area contributed by atoms with Crippen LogP contribution in [0.15, 0.2) is 29.4 Å². The molecule has 3 rings (SSSR count). The number of hydrogen-bond acceptors (Lipinski definition) is 5. The van der Waals surface area contributed by atoms with E-state index in [0.29, 0.717) is 40.8 Å². The standard InChI is InChI=1S/C26H36ClN3O4S/c1-25(2,3)21-16-30(15-17-9-8-12-29(14-17)24(32)34-26(4,5)6)23(35-21)28-22(31)19-13-18(27)10-11-20(19)33-7/h10-11,13,16-17H,8-9,12,14-15H2,1-7H3. The van der Waals surface area contributed by atoms with E-state index in [4.69, 9.17) is 21.1 Å². The summed E-state index contributed by atoms with van der Waals surface area (Å²) >= 11 is 7.64. The van der Waals surface area contributed by atoms with E-state index < -0.39 is 11.5 Å². The fraction of sp³-hybridized carbons (Fsp3) is 0.577. The number of thiazole rings is 1. The second-order valence-electron chi connectivity index (χ2n) is 11.0. The van der Waals surface area contributed by atoms with E-state index in [9.17, 15) is 9.59 Å². The lowest BCUT2D eigenvalue weighted by atomic mass is 9.95. The average molecular weight is 522 g/mol. The molecule has 1 aromatic carbocycles. The third-order valence-corrected chi connectivity index (χ3v) is 7.36. The predicted molar refractivity (Wildman–Crippen MR) is 139 cm³/mol. The average Bonchev–Trinajstić information content (AvgIpc) is 3.15. The first-order valence-electron chi connectivity index (χ1n) is 11.9. The molecule has 0 saturated carbocycles. The maximum atomic E-state index is 13.1. The Labute approximate surface area is 216 Å². The fourth-order valence-corrected chi connectivity index (χ4v) is 5.15. The van der Waals surface area contributed by atoms with Gasteiger partial charge >= 0.3 is 6.09 Å². The Morgan fingerprint density at radius 2 is 1.91 bits per heavy atom. The van der Waals surface area contributed by atoms with E-state index in [1.54, 1.807) is 23.1 Å². The van der Waals surface area contributed by atoms with Crippen molar-refractivity contribution in [2.45, 2.75) is 71.9 Å². The van der Waals surface area contributed by atoms with Crippen LogP contribution in [0.25, 0.3) is 0 Å². The van der Waals surface area contributed by atoms with Gasteiger partial charge in [0.15, 0.2) is 4.80 Å². The van der Waals surface area contributed by atoms with Gasteiger partial charge in [-0.05, 0) is 63.1 Å². The predicted octanol–water partition coefficient (Wildman–Crippen LogP) is 5.90. The Morgan fingerprint density at radius 1 is 1.20 bits per heavy atom. The third-order valence-electron chi connectivity index (χ3n) is 5.67. The number of aromatic nitrogens is 1. The molecule has 0 aliphatic carbocycles. The van der Waals surface area contributed by atoms with Crippen LogP contribution in [0.2, 0.25) is 5.02 Å². The number of carbonyl (C=O) groups excluding carboxylic acids is 2. The topological polar surface area (TPSA) is 73.1 Å². The van der Waals surface area contributed by atoms with Gasteiger partial charge in [-0.15, -0.1) is 11.3 Å². The molecule has 2 heterocycles. The third kappa shape index (κ3) is 7.34. The van der Waals surface area contributed by atoms with Crippen LogP contribution in [-0.2, 0) is 16.7 Å². The molecule has 0 spiro atoms. The van der Waals surface area contributed by atoms with E-state index in [1.165, 1.54) is 18.4 Å². The Bertz CT molecular complexity index is 1140. The number of nitrogens with zero attached hydrogens (tertiary/aromatic N) is 3. The number of hydrogen-bond donors (Lipinski definition) is 0. The van der Waals surface area contributed by atoms with Crippen LogP contribution >= 0.6 is 22.9 Å². The lowest BCUT2D eigenvalue weighted by Gasteiger charge is -2.34. The van der Waals surface area contributed by atoms with Crippen LogP contribution in [0.4, 0.5) is 4.79 Å². The van der Waals surface area contributed by atoms with Gasteiger partial charge in [0.1, 0.15) is 11.4 Å². The van der Waals surface area contributed by atoms with Crippen molar-refractivity contribution in [1.82, 2.24) is 9.47 Å². The summed E-state index contributed by atoms with van der Waals surface area (Å²) < 4.78 is 13.0. The molecule has 35 heavy (non-hydrogen) atoms. The number of benzene rings is 1. The smallest absolute Gasteiger partial charge is 0.410 e. The molecule has 0 bridgehead atoms. The number of likely N-dealkylation sites (tertiary alicyclic amines) is 1. The SMILES string of the molecule is COc1ccc(Cl)cc1C(=O)N=c1sc(C(C)(C)C)cn1CC1CCCN(C(=O)OC(C)(C)C)C1. The van der Waals surface area contributed by atoms with Gasteiger partial charge in [0, 0.05) is 35.7 Å². The van der Waals surface area contributed by atoms with Crippen LogP contribution in [-0.4, -0.2) is 47.3 Å². The number of carbonyl (C=O) groups is 2. The van der Waals surface area contributed by atoms with Crippen LogP contribution in [0, 0.1) is 5.92 Å². The Morgan fingerprint density at radius 3 is 2.54 bits per heavy atom. The van der Waals surface area contributed by atoms with Crippen molar-refractivity contribution in [3.05, 3.63) is 44.7 Å². The van der Waals surface area contributed by atoms with E-state index in [0.717, 1.165) is 17.7 Å². The number of methoxy groups -OCH3 is 1. The van der Waals surface area contributed by atoms with Crippen LogP contribution in [0.3, 0.4) is 0 Å². The van der Waals surface area contributed by atoms with Crippen molar-refractivity contribution in [2.75, 3.05) is 20.2 Å². The molecule has 192 valence electrons. The largest absolute Gasteiger partial charge is 0.496 e. The molecular weight excluding hydrogens is 486 g/mol. The zero-order chi connectivity index (χ0) is 26.0. The summed E-state index contributed by atoms with van der Waals surface area (Å²) in [6, 6.07) is 4.93. The minimum atomic E-state index is -0.526. The molecule has 1 aliphatic heterocycles. The first-order valence-corrected chi connectivity index (χ1v) is 13.1. The molecule has 0 radical (unpaired) electrons. The molecule has 1 saturated heterocycles. The van der Waals surface area contributed by atoms with Crippen molar-refractivity contribution in [3.8, 4) is 5.75 Å². The maximum absolute atomic E-state index is 13.1. The first kappa shape index (κ1) is 27.3. The van der Waals surface area contributed by atoms with Crippen molar-refractivity contribution in [3.63, 3.8) is 0 Å². The Balaban J connectivity index is 1.90. The van der Waals surface area contributed by atoms with Gasteiger partial charge in [0.05, 0.1) is 12.7 Å². The molecule has 1 aromatic heterocycles. The van der Waals surface area contributed by atoms with Crippen LogP contribution < -0.4 is 9.54 Å². The highest BCUT2D eigenvalue weighted by Gasteiger charge is 2.28. The Hall–Kier alpha value is -2.32. The summed E-state index contributed by atoms with van der Waals surface area (Å²) in [5.41, 5.74) is -0.292. The van der Waals surface area contributed by atoms with Crippen molar-refractivity contribution < 1.29 is 19.1 Å². The lowest BCUT2D eigenvalue weighted by molar-refractivity contribution is 0.0157. The van der Waals surface area contributed by atoms with Crippen molar-refractivity contribution >= 4 is 34.9 Å². The van der Waals surface area contributed by atoms with Gasteiger partial charge in [-0.1, -0.05) is 32.4 Å². The molecule has 1 aliphatic rings. The molecule has 9 heteroatoms. The minimum absolute atomic E-state index is 0.0912. The van der Waals surface area contributed by atoms with Gasteiger partial charge in [-0.2, -0.15) is 4.99 Å². The second kappa shape index (κ2) is 10.7. The normalized spacial score (nSPS) is 17.4. The van der Waals surface area contributed by atoms with Crippen LogP contribution in [0.1, 0.15) is 69.6 Å². The van der Waals surface area contributed by atoms with Gasteiger partial charge in [0.2, 0.25) is 0 Å². The monoisotopic (exact) mass is 521 g/mol. The van der Waals surface area contributed by atoms with Crippen molar-refractivity contribution in [1.29, 1.82) is 0 Å². The quantitative estimate of drug-likeness (QED) is 0.502. The molecule has 7 nitrogen and oxygen atoms in total. The maximum Gasteiger partial charge on any atom is 0.410 e. The van der Waals surface area contributed by atoms with Gasteiger partial charge in [0.25, 0.3) is 5.91 Å². The van der Waals surface area contributed by atoms with E-state index in [2.05, 4.69) is 32.0 Å². The van der Waals surface area contributed by atoms with Crippen molar-refractivity contribution in [2.24, 2.45) is 10.9 Å². The van der Waals surface area contributed by atoms with Crippen LogP contribution in [0.5, 0.6) is 5.75 Å². The molecular formula is C26H36ClN3O4S. The highest BCUT2D eigenvalue weighted by Crippen LogP contribution is 2.27. The van der Waals surface area contributed by atoms with E-state index in [-0.39, 0.29) is 17.4 Å². The Kier molecular flexibility index (Phi) is 8.37. The summed E-state index contributed by atoms with van der Waals surface area (Å²) in [7, 11) is 1.52. The van der Waals surface area contributed by atoms with Gasteiger partial charge in [-0.3, -0.25) is 4.79 Å². The highest BCUT2D eigenvalue weighted by atomic mass is 35.5. The summed E-state index contributed by atoms with van der Waals surface area (Å²) in [6.07, 6.45) is 3.70. The molecule has 2 aromatic rings. The number of piperidine rings is 1. The number of amides is 2. The first-order chi connectivity index (χ1) is 16.3.